The zero-order valence-electron chi connectivity index (χ0n) is 14.4. The molecule has 1 atom stereocenters. The largest absolute Gasteiger partial charge is 0.391 e. The molecule has 0 unspecified atom stereocenters. The quantitative estimate of drug-likeness (QED) is 0.231. The third kappa shape index (κ3) is 7.49. The Balaban J connectivity index is 0.00000312. The number of carbonyl (C=O) groups is 1. The molecule has 1 aliphatic heterocycles. The Morgan fingerprint density at radius 3 is 2.68 bits per heavy atom. The maximum atomic E-state index is 12.0. The minimum Gasteiger partial charge on any atom is -0.391 e. The highest BCUT2D eigenvalue weighted by Gasteiger charge is 2.22. The van der Waals surface area contributed by atoms with E-state index in [0.29, 0.717) is 25.2 Å². The van der Waals surface area contributed by atoms with Gasteiger partial charge in [0.2, 0.25) is 0 Å². The number of amides is 1. The first-order valence-corrected chi connectivity index (χ1v) is 9.14. The van der Waals surface area contributed by atoms with Crippen molar-refractivity contribution in [3.05, 3.63) is 34.3 Å². The van der Waals surface area contributed by atoms with Gasteiger partial charge in [-0.1, -0.05) is 15.9 Å². The van der Waals surface area contributed by atoms with E-state index in [4.69, 9.17) is 0 Å². The van der Waals surface area contributed by atoms with Crippen molar-refractivity contribution in [2.24, 2.45) is 4.99 Å². The van der Waals surface area contributed by atoms with E-state index in [9.17, 15) is 9.90 Å². The van der Waals surface area contributed by atoms with E-state index < -0.39 is 0 Å². The number of hydrogen-bond acceptors (Lipinski definition) is 3. The summed E-state index contributed by atoms with van der Waals surface area (Å²) in [4.78, 5) is 18.6. The molecule has 0 bridgehead atoms. The van der Waals surface area contributed by atoms with Gasteiger partial charge in [-0.25, -0.2) is 0 Å². The predicted octanol–water partition coefficient (Wildman–Crippen LogP) is 2.22. The number of halogens is 2. The van der Waals surface area contributed by atoms with E-state index in [0.717, 1.165) is 36.4 Å². The lowest BCUT2D eigenvalue weighted by Gasteiger charge is -2.20. The molecule has 1 aliphatic rings. The van der Waals surface area contributed by atoms with Crippen LogP contribution in [0, 0.1) is 0 Å². The standard InChI is InChI=1S/C17H25BrN4O2.HI/c1-2-19-17(22-11-8-15(23)12-22)21-10-3-9-20-16(24)13-4-6-14(18)7-5-13;/h4-7,15,23H,2-3,8-12H2,1H3,(H,19,21)(H,20,24);1H/t15-;/m1./s1. The fraction of sp³-hybridized carbons (Fsp3) is 0.529. The first kappa shape index (κ1) is 22.2. The van der Waals surface area contributed by atoms with Crippen molar-refractivity contribution in [3.63, 3.8) is 0 Å². The summed E-state index contributed by atoms with van der Waals surface area (Å²) < 4.78 is 0.955. The van der Waals surface area contributed by atoms with E-state index in [2.05, 4.69) is 36.5 Å². The minimum absolute atomic E-state index is 0. The molecule has 3 N–H and O–H groups in total. The number of carbonyl (C=O) groups excluding carboxylic acids is 1. The summed E-state index contributed by atoms with van der Waals surface area (Å²) in [5.74, 6) is 0.773. The lowest BCUT2D eigenvalue weighted by Crippen LogP contribution is -2.40. The summed E-state index contributed by atoms with van der Waals surface area (Å²) in [5, 5.41) is 15.8. The molecule has 140 valence electrons. The van der Waals surface area contributed by atoms with Crippen molar-refractivity contribution >= 4 is 51.8 Å². The van der Waals surface area contributed by atoms with Crippen molar-refractivity contribution in [1.29, 1.82) is 0 Å². The van der Waals surface area contributed by atoms with Crippen molar-refractivity contribution in [2.75, 3.05) is 32.7 Å². The van der Waals surface area contributed by atoms with Crippen LogP contribution in [-0.4, -0.2) is 60.7 Å². The number of β-amino-alcohol motifs (C(OH)–C–C–N with tert-alkyl or cyclic N) is 1. The average Bonchev–Trinajstić information content (AvgIpc) is 3.00. The van der Waals surface area contributed by atoms with E-state index >= 15 is 0 Å². The number of aliphatic imine (C=N–C) groups is 1. The van der Waals surface area contributed by atoms with Crippen LogP contribution in [0.15, 0.2) is 33.7 Å². The van der Waals surface area contributed by atoms with Crippen LogP contribution >= 0.6 is 39.9 Å². The van der Waals surface area contributed by atoms with Gasteiger partial charge in [0.05, 0.1) is 6.10 Å². The Hall–Kier alpha value is -0.870. The molecular formula is C17H26BrIN4O2. The molecule has 1 amide bonds. The molecule has 0 aliphatic carbocycles. The SMILES string of the molecule is CCNC(=NCCCNC(=O)c1ccc(Br)cc1)N1CC[C@@H](O)C1.I. The number of rotatable bonds is 6. The maximum absolute atomic E-state index is 12.0. The molecular weight excluding hydrogens is 499 g/mol. The number of nitrogens with zero attached hydrogens (tertiary/aromatic N) is 2. The van der Waals surface area contributed by atoms with Crippen LogP contribution in [0.2, 0.25) is 0 Å². The van der Waals surface area contributed by atoms with Gasteiger partial charge >= 0.3 is 0 Å². The van der Waals surface area contributed by atoms with Crippen LogP contribution in [0.4, 0.5) is 0 Å². The highest BCUT2D eigenvalue weighted by atomic mass is 127. The van der Waals surface area contributed by atoms with E-state index in [-0.39, 0.29) is 36.0 Å². The van der Waals surface area contributed by atoms with Gasteiger partial charge < -0.3 is 20.6 Å². The van der Waals surface area contributed by atoms with Gasteiger partial charge in [0.1, 0.15) is 0 Å². The first-order valence-electron chi connectivity index (χ1n) is 8.35. The van der Waals surface area contributed by atoms with Crippen LogP contribution in [-0.2, 0) is 0 Å². The molecule has 1 saturated heterocycles. The Bertz CT molecular complexity index is 568. The number of benzene rings is 1. The Morgan fingerprint density at radius 1 is 1.36 bits per heavy atom. The molecule has 1 aromatic rings. The van der Waals surface area contributed by atoms with Crippen LogP contribution in [0.25, 0.3) is 0 Å². The smallest absolute Gasteiger partial charge is 0.251 e. The third-order valence-electron chi connectivity index (χ3n) is 3.79. The molecule has 0 saturated carbocycles. The van der Waals surface area contributed by atoms with Gasteiger partial charge in [0.15, 0.2) is 5.96 Å². The molecule has 6 nitrogen and oxygen atoms in total. The number of aliphatic hydroxyl groups is 1. The number of likely N-dealkylation sites (tertiary alicyclic amines) is 1. The second-order valence-corrected chi connectivity index (χ2v) is 6.66. The second kappa shape index (κ2) is 11.7. The summed E-state index contributed by atoms with van der Waals surface area (Å²) in [6.45, 7) is 5.50. The fourth-order valence-corrected chi connectivity index (χ4v) is 2.79. The molecule has 8 heteroatoms. The topological polar surface area (TPSA) is 77.0 Å². The van der Waals surface area contributed by atoms with Gasteiger partial charge in [-0.15, -0.1) is 24.0 Å². The van der Waals surface area contributed by atoms with Crippen LogP contribution in [0.1, 0.15) is 30.1 Å². The predicted molar refractivity (Wildman–Crippen MR) is 115 cm³/mol. The fourth-order valence-electron chi connectivity index (χ4n) is 2.53. The summed E-state index contributed by atoms with van der Waals surface area (Å²) in [5.41, 5.74) is 0.654. The van der Waals surface area contributed by atoms with E-state index in [1.165, 1.54) is 0 Å². The highest BCUT2D eigenvalue weighted by Crippen LogP contribution is 2.10. The summed E-state index contributed by atoms with van der Waals surface area (Å²) >= 11 is 3.35. The summed E-state index contributed by atoms with van der Waals surface area (Å²) in [6, 6.07) is 7.29. The zero-order chi connectivity index (χ0) is 17.4. The summed E-state index contributed by atoms with van der Waals surface area (Å²) in [6.07, 6.45) is 1.29. The Kier molecular flexibility index (Phi) is 10.4. The molecule has 1 heterocycles. The van der Waals surface area contributed by atoms with Gasteiger partial charge in [-0.2, -0.15) is 0 Å². The Labute approximate surface area is 174 Å². The van der Waals surface area contributed by atoms with Crippen molar-refractivity contribution in [3.8, 4) is 0 Å². The van der Waals surface area contributed by atoms with Crippen molar-refractivity contribution < 1.29 is 9.90 Å². The molecule has 2 rings (SSSR count). The van der Waals surface area contributed by atoms with Crippen molar-refractivity contribution in [2.45, 2.75) is 25.9 Å². The van der Waals surface area contributed by atoms with E-state index in [1.807, 2.05) is 19.1 Å². The molecule has 0 radical (unpaired) electrons. The molecule has 0 spiro atoms. The number of aliphatic hydroxyl groups excluding tert-OH is 1. The van der Waals surface area contributed by atoms with Gasteiger partial charge in [-0.3, -0.25) is 9.79 Å². The maximum Gasteiger partial charge on any atom is 0.251 e. The third-order valence-corrected chi connectivity index (χ3v) is 4.31. The van der Waals surface area contributed by atoms with Gasteiger partial charge in [-0.05, 0) is 44.0 Å². The lowest BCUT2D eigenvalue weighted by molar-refractivity contribution is 0.0953. The van der Waals surface area contributed by atoms with E-state index in [1.54, 1.807) is 12.1 Å². The minimum atomic E-state index is -0.265. The second-order valence-electron chi connectivity index (χ2n) is 5.74. The van der Waals surface area contributed by atoms with Crippen LogP contribution in [0.3, 0.4) is 0 Å². The number of guanidine groups is 1. The van der Waals surface area contributed by atoms with Crippen LogP contribution in [0.5, 0.6) is 0 Å². The Morgan fingerprint density at radius 2 is 2.08 bits per heavy atom. The van der Waals surface area contributed by atoms with Crippen molar-refractivity contribution in [1.82, 2.24) is 15.5 Å². The molecule has 0 aromatic heterocycles. The van der Waals surface area contributed by atoms with Crippen LogP contribution < -0.4 is 10.6 Å². The molecule has 25 heavy (non-hydrogen) atoms. The summed E-state index contributed by atoms with van der Waals surface area (Å²) in [7, 11) is 0. The number of nitrogens with one attached hydrogen (secondary N) is 2. The zero-order valence-corrected chi connectivity index (χ0v) is 18.3. The lowest BCUT2D eigenvalue weighted by atomic mass is 10.2. The molecule has 1 fully saturated rings. The first-order chi connectivity index (χ1) is 11.6. The van der Waals surface area contributed by atoms with Gasteiger partial charge in [0, 0.05) is 42.8 Å². The van der Waals surface area contributed by atoms with Gasteiger partial charge in [0.25, 0.3) is 5.91 Å². The number of hydrogen-bond donors (Lipinski definition) is 3. The normalized spacial score (nSPS) is 17.2. The highest BCUT2D eigenvalue weighted by molar-refractivity contribution is 14.0. The monoisotopic (exact) mass is 524 g/mol. The average molecular weight is 525 g/mol. The molecule has 1 aromatic carbocycles.